The summed E-state index contributed by atoms with van der Waals surface area (Å²) in [6, 6.07) is 4.87. The van der Waals surface area contributed by atoms with Gasteiger partial charge >= 0.3 is 5.97 Å². The number of methoxy groups -OCH3 is 1. The van der Waals surface area contributed by atoms with Gasteiger partial charge < -0.3 is 14.7 Å². The number of aliphatic carboxylic acids is 1. The molecule has 1 aliphatic heterocycles. The Morgan fingerprint density at radius 1 is 1.62 bits per heavy atom. The van der Waals surface area contributed by atoms with Crippen LogP contribution in [-0.2, 0) is 9.53 Å². The van der Waals surface area contributed by atoms with Gasteiger partial charge in [-0.15, -0.1) is 0 Å². The van der Waals surface area contributed by atoms with Gasteiger partial charge in [0.2, 0.25) is 0 Å². The van der Waals surface area contributed by atoms with Crippen LogP contribution in [0.1, 0.15) is 12.0 Å². The van der Waals surface area contributed by atoms with Crippen LogP contribution >= 0.6 is 0 Å². The maximum absolute atomic E-state index is 11.4. The molecule has 0 saturated carbocycles. The lowest BCUT2D eigenvalue weighted by Gasteiger charge is -2.23. The third-order valence-electron chi connectivity index (χ3n) is 3.49. The van der Waals surface area contributed by atoms with E-state index in [1.165, 1.54) is 30.2 Å². The van der Waals surface area contributed by atoms with E-state index in [1.54, 1.807) is 0 Å². The van der Waals surface area contributed by atoms with E-state index in [0.717, 1.165) is 0 Å². The van der Waals surface area contributed by atoms with Gasteiger partial charge in [0.15, 0.2) is 0 Å². The maximum atomic E-state index is 11.4. The first-order chi connectivity index (χ1) is 9.97. The Labute approximate surface area is 120 Å². The summed E-state index contributed by atoms with van der Waals surface area (Å²) in [6.45, 7) is 0.225. The van der Waals surface area contributed by atoms with Crippen molar-refractivity contribution in [1.82, 2.24) is 0 Å². The van der Waals surface area contributed by atoms with Crippen LogP contribution < -0.4 is 4.90 Å². The number of anilines is 1. The number of nitriles is 1. The summed E-state index contributed by atoms with van der Waals surface area (Å²) >= 11 is 0. The smallest absolute Gasteiger partial charge is 0.326 e. The second-order valence-corrected chi connectivity index (χ2v) is 4.67. The molecule has 1 N–H and O–H groups in total. The fourth-order valence-electron chi connectivity index (χ4n) is 2.45. The molecule has 110 valence electrons. The van der Waals surface area contributed by atoms with Crippen LogP contribution in [0.4, 0.5) is 11.4 Å². The molecule has 0 spiro atoms. The minimum absolute atomic E-state index is 0.131. The predicted molar refractivity (Wildman–Crippen MR) is 72.0 cm³/mol. The molecule has 2 unspecified atom stereocenters. The molecule has 8 heteroatoms. The normalized spacial score (nSPS) is 21.0. The summed E-state index contributed by atoms with van der Waals surface area (Å²) in [4.78, 5) is 23.3. The zero-order valence-corrected chi connectivity index (χ0v) is 11.2. The topological polar surface area (TPSA) is 117 Å². The Bertz CT molecular complexity index is 625. The molecular formula is C13H13N3O5. The van der Waals surface area contributed by atoms with Crippen molar-refractivity contribution in [3.05, 3.63) is 33.9 Å². The van der Waals surface area contributed by atoms with E-state index in [9.17, 15) is 20.0 Å². The Morgan fingerprint density at radius 3 is 2.86 bits per heavy atom. The van der Waals surface area contributed by atoms with Crippen molar-refractivity contribution in [2.75, 3.05) is 18.6 Å². The Morgan fingerprint density at radius 2 is 2.33 bits per heavy atom. The fraction of sp³-hybridized carbons (Fsp3) is 0.385. The number of hydrogen-bond donors (Lipinski definition) is 1. The van der Waals surface area contributed by atoms with Crippen molar-refractivity contribution in [1.29, 1.82) is 5.26 Å². The molecule has 21 heavy (non-hydrogen) atoms. The van der Waals surface area contributed by atoms with Gasteiger partial charge in [-0.25, -0.2) is 4.79 Å². The van der Waals surface area contributed by atoms with Gasteiger partial charge in [-0.2, -0.15) is 5.26 Å². The van der Waals surface area contributed by atoms with Crippen LogP contribution in [0.5, 0.6) is 0 Å². The standard InChI is InChI=1S/C13H13N3O5/c1-21-9-5-12(13(17)18)15(7-9)11-4-8(6-14)2-3-10(11)16(19)20/h2-4,9,12H,5,7H2,1H3,(H,17,18). The minimum Gasteiger partial charge on any atom is -0.480 e. The Kier molecular flexibility index (Phi) is 4.05. The second kappa shape index (κ2) is 5.76. The summed E-state index contributed by atoms with van der Waals surface area (Å²) in [6.07, 6.45) is -0.0869. The molecule has 0 radical (unpaired) electrons. The van der Waals surface area contributed by atoms with Crippen molar-refractivity contribution >= 4 is 17.3 Å². The first kappa shape index (κ1) is 14.7. The molecule has 1 aromatic carbocycles. The maximum Gasteiger partial charge on any atom is 0.326 e. The van der Waals surface area contributed by atoms with Crippen LogP contribution in [0.25, 0.3) is 0 Å². The Hall–Kier alpha value is -2.66. The van der Waals surface area contributed by atoms with Crippen molar-refractivity contribution in [2.45, 2.75) is 18.6 Å². The number of nitrogens with zero attached hydrogens (tertiary/aromatic N) is 3. The van der Waals surface area contributed by atoms with Crippen molar-refractivity contribution in [2.24, 2.45) is 0 Å². The number of carboxylic acids is 1. The van der Waals surface area contributed by atoms with Crippen molar-refractivity contribution < 1.29 is 19.6 Å². The number of carboxylic acid groups (broad SMARTS) is 1. The van der Waals surface area contributed by atoms with Crippen LogP contribution in [0.15, 0.2) is 18.2 Å². The lowest BCUT2D eigenvalue weighted by atomic mass is 10.1. The molecule has 0 aliphatic carbocycles. The zero-order valence-electron chi connectivity index (χ0n) is 11.2. The number of hydrogen-bond acceptors (Lipinski definition) is 6. The van der Waals surface area contributed by atoms with E-state index in [1.807, 2.05) is 6.07 Å². The molecule has 2 rings (SSSR count). The van der Waals surface area contributed by atoms with Gasteiger partial charge in [-0.1, -0.05) is 0 Å². The van der Waals surface area contributed by atoms with Gasteiger partial charge in [0.05, 0.1) is 22.7 Å². The number of rotatable bonds is 4. The highest BCUT2D eigenvalue weighted by Gasteiger charge is 2.39. The number of nitro benzene ring substituents is 1. The highest BCUT2D eigenvalue weighted by atomic mass is 16.6. The molecule has 1 aliphatic rings. The molecule has 1 heterocycles. The molecule has 1 aromatic rings. The second-order valence-electron chi connectivity index (χ2n) is 4.67. The summed E-state index contributed by atoms with van der Waals surface area (Å²) < 4.78 is 5.16. The highest BCUT2D eigenvalue weighted by molar-refractivity contribution is 5.81. The van der Waals surface area contributed by atoms with Crippen LogP contribution in [0, 0.1) is 21.4 Å². The zero-order chi connectivity index (χ0) is 15.6. The van der Waals surface area contributed by atoms with E-state index >= 15 is 0 Å². The quantitative estimate of drug-likeness (QED) is 0.653. The van der Waals surface area contributed by atoms with Crippen LogP contribution in [0.3, 0.4) is 0 Å². The lowest BCUT2D eigenvalue weighted by molar-refractivity contribution is -0.384. The molecule has 1 fully saturated rings. The largest absolute Gasteiger partial charge is 0.480 e. The molecule has 1 saturated heterocycles. The van der Waals surface area contributed by atoms with E-state index in [4.69, 9.17) is 10.00 Å². The van der Waals surface area contributed by atoms with Crippen molar-refractivity contribution in [3.63, 3.8) is 0 Å². The summed E-state index contributed by atoms with van der Waals surface area (Å²) in [5, 5.41) is 29.3. The molecule has 0 amide bonds. The summed E-state index contributed by atoms with van der Waals surface area (Å²) in [5.74, 6) is -1.08. The highest BCUT2D eigenvalue weighted by Crippen LogP contribution is 2.35. The van der Waals surface area contributed by atoms with Gasteiger partial charge in [0.1, 0.15) is 11.7 Å². The van der Waals surface area contributed by atoms with Crippen LogP contribution in [0.2, 0.25) is 0 Å². The SMILES string of the molecule is COC1CC(C(=O)O)N(c2cc(C#N)ccc2[N+](=O)[O-])C1. The van der Waals surface area contributed by atoms with Gasteiger partial charge in [0, 0.05) is 26.1 Å². The number of ether oxygens (including phenoxy) is 1. The number of carbonyl (C=O) groups is 1. The molecule has 2 atom stereocenters. The summed E-state index contributed by atoms with van der Waals surface area (Å²) in [5.41, 5.74) is 0.142. The van der Waals surface area contributed by atoms with E-state index in [0.29, 0.717) is 0 Å². The number of benzene rings is 1. The van der Waals surface area contributed by atoms with Crippen molar-refractivity contribution in [3.8, 4) is 6.07 Å². The predicted octanol–water partition coefficient (Wildman–Crippen LogP) is 1.14. The van der Waals surface area contributed by atoms with E-state index in [2.05, 4.69) is 0 Å². The van der Waals surface area contributed by atoms with E-state index in [-0.39, 0.29) is 36.0 Å². The minimum atomic E-state index is -1.08. The Balaban J connectivity index is 2.50. The third kappa shape index (κ3) is 2.78. The average molecular weight is 291 g/mol. The molecule has 0 bridgehead atoms. The first-order valence-corrected chi connectivity index (χ1v) is 6.18. The van der Waals surface area contributed by atoms with Gasteiger partial charge in [0.25, 0.3) is 5.69 Å². The van der Waals surface area contributed by atoms with Gasteiger partial charge in [-0.05, 0) is 12.1 Å². The molecule has 8 nitrogen and oxygen atoms in total. The average Bonchev–Trinajstić information content (AvgIpc) is 2.90. The monoisotopic (exact) mass is 291 g/mol. The van der Waals surface area contributed by atoms with Crippen LogP contribution in [-0.4, -0.2) is 41.8 Å². The third-order valence-corrected chi connectivity index (χ3v) is 3.49. The molecular weight excluding hydrogens is 278 g/mol. The summed E-state index contributed by atoms with van der Waals surface area (Å²) in [7, 11) is 1.47. The fourth-order valence-corrected chi connectivity index (χ4v) is 2.45. The lowest BCUT2D eigenvalue weighted by Crippen LogP contribution is -2.36. The first-order valence-electron chi connectivity index (χ1n) is 6.18. The molecule has 0 aromatic heterocycles. The number of nitro groups is 1. The van der Waals surface area contributed by atoms with Gasteiger partial charge in [-0.3, -0.25) is 10.1 Å². The van der Waals surface area contributed by atoms with E-state index < -0.39 is 16.9 Å².